The number of carbonyl (C=O) groups is 1. The Labute approximate surface area is 250 Å². The van der Waals surface area contributed by atoms with Crippen LogP contribution in [0.4, 0.5) is 0 Å². The van der Waals surface area contributed by atoms with E-state index < -0.39 is 78.5 Å². The van der Waals surface area contributed by atoms with E-state index in [1.807, 2.05) is 0 Å². The molecule has 250 valence electrons. The standard InChI is InChI=1S/C28H55NO12S/c1-3-5-7-9-10-11-13-15-17-22(32)27(35)29-20(21(31)16-14-12-8-6-4-2)19-39-28-25(34)26(41-42(36,37)38)24(33)23(18-30)40-28/h20-26,28,30-34H,3-19H2,1-2H3,(H,29,35)(H,36,37,38). The number of nitrogens with one attached hydrogen (secondary N) is 1. The van der Waals surface area contributed by atoms with Crippen LogP contribution in [0.5, 0.6) is 0 Å². The highest BCUT2D eigenvalue weighted by Crippen LogP contribution is 2.26. The molecule has 14 heteroatoms. The zero-order valence-electron chi connectivity index (χ0n) is 25.2. The molecule has 1 aliphatic heterocycles. The maximum absolute atomic E-state index is 12.8. The average Bonchev–Trinajstić information content (AvgIpc) is 2.94. The van der Waals surface area contributed by atoms with E-state index in [4.69, 9.17) is 14.0 Å². The summed E-state index contributed by atoms with van der Waals surface area (Å²) >= 11 is 0. The highest BCUT2D eigenvalue weighted by Gasteiger charge is 2.48. The summed E-state index contributed by atoms with van der Waals surface area (Å²) in [7, 11) is -5.09. The fourth-order valence-electron chi connectivity index (χ4n) is 4.93. The number of carbonyl (C=O) groups excluding carboxylic acids is 1. The fraction of sp³-hybridized carbons (Fsp3) is 0.964. The van der Waals surface area contributed by atoms with Crippen LogP contribution in [0.25, 0.3) is 0 Å². The van der Waals surface area contributed by atoms with Crippen LogP contribution in [0.1, 0.15) is 110 Å². The van der Waals surface area contributed by atoms with Gasteiger partial charge in [-0.25, -0.2) is 4.18 Å². The number of aliphatic hydroxyl groups is 5. The van der Waals surface area contributed by atoms with Crippen LogP contribution >= 0.6 is 0 Å². The summed E-state index contributed by atoms with van der Waals surface area (Å²) in [5.74, 6) is -0.682. The molecule has 0 aromatic heterocycles. The van der Waals surface area contributed by atoms with Crippen LogP contribution in [0.2, 0.25) is 0 Å². The predicted octanol–water partition coefficient (Wildman–Crippen LogP) is 1.73. The quantitative estimate of drug-likeness (QED) is 0.0601. The molecule has 0 saturated carbocycles. The summed E-state index contributed by atoms with van der Waals surface area (Å²) in [5.41, 5.74) is 0. The van der Waals surface area contributed by atoms with Gasteiger partial charge in [0, 0.05) is 0 Å². The Hall–Kier alpha value is -0.940. The van der Waals surface area contributed by atoms with Crippen LogP contribution in [0.15, 0.2) is 0 Å². The molecule has 42 heavy (non-hydrogen) atoms. The molecular weight excluding hydrogens is 574 g/mol. The van der Waals surface area contributed by atoms with Gasteiger partial charge in [-0.15, -0.1) is 0 Å². The van der Waals surface area contributed by atoms with Crippen LogP contribution in [-0.2, 0) is 28.9 Å². The minimum atomic E-state index is -5.09. The van der Waals surface area contributed by atoms with E-state index in [1.54, 1.807) is 0 Å². The minimum Gasteiger partial charge on any atom is -0.394 e. The van der Waals surface area contributed by atoms with Crippen LogP contribution in [0.3, 0.4) is 0 Å². The third-order valence-corrected chi connectivity index (χ3v) is 7.99. The van der Waals surface area contributed by atoms with Gasteiger partial charge >= 0.3 is 10.4 Å². The maximum atomic E-state index is 12.8. The van der Waals surface area contributed by atoms with Crippen LogP contribution in [0, 0.1) is 0 Å². The van der Waals surface area contributed by atoms with E-state index in [0.29, 0.717) is 19.3 Å². The van der Waals surface area contributed by atoms with Crippen molar-refractivity contribution in [3.63, 3.8) is 0 Å². The van der Waals surface area contributed by atoms with Crippen molar-refractivity contribution in [3.8, 4) is 0 Å². The maximum Gasteiger partial charge on any atom is 0.397 e. The smallest absolute Gasteiger partial charge is 0.394 e. The van der Waals surface area contributed by atoms with Crippen molar-refractivity contribution in [2.45, 2.75) is 159 Å². The summed E-state index contributed by atoms with van der Waals surface area (Å²) in [6, 6.07) is -1.02. The van der Waals surface area contributed by atoms with Gasteiger partial charge in [0.05, 0.1) is 25.4 Å². The first-order valence-corrected chi connectivity index (χ1v) is 16.9. The molecule has 0 aromatic carbocycles. The van der Waals surface area contributed by atoms with Crippen molar-refractivity contribution < 1.29 is 57.0 Å². The molecule has 0 bridgehead atoms. The summed E-state index contributed by atoms with van der Waals surface area (Å²) in [6.45, 7) is 3.05. The second-order valence-electron chi connectivity index (χ2n) is 11.2. The zero-order chi connectivity index (χ0) is 31.5. The van der Waals surface area contributed by atoms with Crippen molar-refractivity contribution in [1.82, 2.24) is 5.32 Å². The van der Waals surface area contributed by atoms with Gasteiger partial charge in [0.15, 0.2) is 6.29 Å². The summed E-state index contributed by atoms with van der Waals surface area (Å²) in [4.78, 5) is 12.8. The van der Waals surface area contributed by atoms with E-state index >= 15 is 0 Å². The van der Waals surface area contributed by atoms with E-state index in [0.717, 1.165) is 44.9 Å². The van der Waals surface area contributed by atoms with E-state index in [2.05, 4.69) is 23.3 Å². The Bertz CT molecular complexity index is 817. The van der Waals surface area contributed by atoms with Gasteiger partial charge in [-0.05, 0) is 12.8 Å². The molecule has 0 aromatic rings. The zero-order valence-corrected chi connectivity index (χ0v) is 26.0. The second-order valence-corrected chi connectivity index (χ2v) is 12.2. The van der Waals surface area contributed by atoms with Gasteiger partial charge < -0.3 is 40.3 Å². The molecule has 1 fully saturated rings. The Morgan fingerprint density at radius 3 is 1.90 bits per heavy atom. The van der Waals surface area contributed by atoms with E-state index in [-0.39, 0.29) is 6.42 Å². The molecule has 1 rings (SSSR count). The predicted molar refractivity (Wildman–Crippen MR) is 155 cm³/mol. The third-order valence-electron chi connectivity index (χ3n) is 7.52. The number of unbranched alkanes of at least 4 members (excludes halogenated alkanes) is 11. The minimum absolute atomic E-state index is 0.261. The molecule has 7 N–H and O–H groups in total. The monoisotopic (exact) mass is 629 g/mol. The Balaban J connectivity index is 2.78. The molecule has 8 atom stereocenters. The highest BCUT2D eigenvalue weighted by molar-refractivity contribution is 7.80. The normalized spacial score (nSPS) is 25.2. The lowest BCUT2D eigenvalue weighted by Crippen LogP contribution is -2.61. The first-order chi connectivity index (χ1) is 19.9. The summed E-state index contributed by atoms with van der Waals surface area (Å²) in [6.07, 6.45) is 2.69. The lowest BCUT2D eigenvalue weighted by molar-refractivity contribution is -0.298. The number of amides is 1. The number of hydrogen-bond donors (Lipinski definition) is 7. The first-order valence-electron chi connectivity index (χ1n) is 15.5. The van der Waals surface area contributed by atoms with E-state index in [1.165, 1.54) is 25.7 Å². The van der Waals surface area contributed by atoms with Gasteiger partial charge in [0.25, 0.3) is 0 Å². The second kappa shape index (κ2) is 21.7. The van der Waals surface area contributed by atoms with Crippen LogP contribution < -0.4 is 5.32 Å². The molecule has 0 radical (unpaired) electrons. The van der Waals surface area contributed by atoms with Crippen molar-refractivity contribution in [1.29, 1.82) is 0 Å². The molecule has 1 saturated heterocycles. The highest BCUT2D eigenvalue weighted by atomic mass is 32.3. The van der Waals surface area contributed by atoms with E-state index in [9.17, 15) is 38.7 Å². The number of hydrogen-bond acceptors (Lipinski definition) is 11. The van der Waals surface area contributed by atoms with Gasteiger partial charge in [-0.1, -0.05) is 97.3 Å². The van der Waals surface area contributed by atoms with Crippen molar-refractivity contribution in [2.24, 2.45) is 0 Å². The van der Waals surface area contributed by atoms with Gasteiger partial charge in [-0.2, -0.15) is 8.42 Å². The summed E-state index contributed by atoms with van der Waals surface area (Å²) in [5, 5.41) is 54.2. The SMILES string of the molecule is CCCCCCCCCCC(O)C(=O)NC(COC1OC(CO)C(O)C(OS(=O)(=O)O)C1O)C(O)CCCCCCC. The largest absolute Gasteiger partial charge is 0.397 e. The molecular formula is C28H55NO12S. The number of rotatable bonds is 24. The Morgan fingerprint density at radius 2 is 1.38 bits per heavy atom. The lowest BCUT2D eigenvalue weighted by Gasteiger charge is -2.41. The average molecular weight is 630 g/mol. The van der Waals surface area contributed by atoms with Gasteiger partial charge in [-0.3, -0.25) is 9.35 Å². The topological polar surface area (TPSA) is 212 Å². The molecule has 1 amide bonds. The fourth-order valence-corrected chi connectivity index (χ4v) is 5.44. The third kappa shape index (κ3) is 15.7. The van der Waals surface area contributed by atoms with Gasteiger partial charge in [0.2, 0.25) is 5.91 Å². The van der Waals surface area contributed by atoms with Gasteiger partial charge in [0.1, 0.15) is 30.5 Å². The number of aliphatic hydroxyl groups excluding tert-OH is 5. The number of ether oxygens (including phenoxy) is 2. The Morgan fingerprint density at radius 1 is 0.857 bits per heavy atom. The molecule has 13 nitrogen and oxygen atoms in total. The Kier molecular flexibility index (Phi) is 20.2. The van der Waals surface area contributed by atoms with Crippen LogP contribution in [-0.4, -0.2) is 107 Å². The molecule has 0 spiro atoms. The molecule has 0 aliphatic carbocycles. The van der Waals surface area contributed by atoms with Crippen molar-refractivity contribution in [2.75, 3.05) is 13.2 Å². The molecule has 1 aliphatic rings. The van der Waals surface area contributed by atoms with Crippen molar-refractivity contribution in [3.05, 3.63) is 0 Å². The van der Waals surface area contributed by atoms with Crippen molar-refractivity contribution >= 4 is 16.3 Å². The first kappa shape index (κ1) is 39.1. The molecule has 8 unspecified atom stereocenters. The lowest BCUT2D eigenvalue weighted by atomic mass is 9.99. The summed E-state index contributed by atoms with van der Waals surface area (Å²) < 4.78 is 46.8. The molecule has 1 heterocycles.